The van der Waals surface area contributed by atoms with Crippen LogP contribution < -0.4 is 5.56 Å². The van der Waals surface area contributed by atoms with Gasteiger partial charge in [-0.05, 0) is 74.5 Å². The second-order valence-electron chi connectivity index (χ2n) is 8.89. The van der Waals surface area contributed by atoms with Crippen molar-refractivity contribution in [2.75, 3.05) is 26.8 Å². The number of likely N-dealkylation sites (tertiary alicyclic amines) is 1. The van der Waals surface area contributed by atoms with Gasteiger partial charge >= 0.3 is 0 Å². The molecule has 2 aromatic heterocycles. The SMILES string of the molecule is COCCn1c(C)cc(O)c([C@@H](c2ccncc2)N2CCC(Cc3ccccc3)CC2)c1=O. The molecule has 174 valence electrons. The van der Waals surface area contributed by atoms with Crippen molar-refractivity contribution in [2.45, 2.75) is 38.8 Å². The number of benzene rings is 1. The van der Waals surface area contributed by atoms with E-state index >= 15 is 0 Å². The van der Waals surface area contributed by atoms with E-state index in [9.17, 15) is 9.90 Å². The predicted molar refractivity (Wildman–Crippen MR) is 130 cm³/mol. The van der Waals surface area contributed by atoms with Crippen LogP contribution >= 0.6 is 0 Å². The highest BCUT2D eigenvalue weighted by Crippen LogP contribution is 2.35. The molecule has 3 heterocycles. The summed E-state index contributed by atoms with van der Waals surface area (Å²) < 4.78 is 6.91. The summed E-state index contributed by atoms with van der Waals surface area (Å²) in [7, 11) is 1.63. The highest BCUT2D eigenvalue weighted by Gasteiger charge is 2.32. The number of piperidine rings is 1. The number of aryl methyl sites for hydroxylation is 1. The van der Waals surface area contributed by atoms with Crippen molar-refractivity contribution < 1.29 is 9.84 Å². The number of nitrogens with zero attached hydrogens (tertiary/aromatic N) is 3. The average Bonchev–Trinajstić information content (AvgIpc) is 2.83. The monoisotopic (exact) mass is 447 g/mol. The number of methoxy groups -OCH3 is 1. The third-order valence-electron chi connectivity index (χ3n) is 6.72. The lowest BCUT2D eigenvalue weighted by Crippen LogP contribution is -2.41. The summed E-state index contributed by atoms with van der Waals surface area (Å²) >= 11 is 0. The fourth-order valence-electron chi connectivity index (χ4n) is 4.95. The molecule has 0 aliphatic carbocycles. The summed E-state index contributed by atoms with van der Waals surface area (Å²) in [5.74, 6) is 0.672. The van der Waals surface area contributed by atoms with Crippen LogP contribution in [0.25, 0.3) is 0 Å². The van der Waals surface area contributed by atoms with Gasteiger partial charge in [-0.15, -0.1) is 0 Å². The molecule has 3 aromatic rings. The smallest absolute Gasteiger partial charge is 0.259 e. The molecule has 1 N–H and O–H groups in total. The van der Waals surface area contributed by atoms with Gasteiger partial charge in [0.15, 0.2) is 0 Å². The Labute approximate surface area is 195 Å². The van der Waals surface area contributed by atoms with Gasteiger partial charge in [-0.1, -0.05) is 30.3 Å². The van der Waals surface area contributed by atoms with Gasteiger partial charge in [0, 0.05) is 31.7 Å². The molecule has 0 amide bonds. The quantitative estimate of drug-likeness (QED) is 0.566. The first-order valence-electron chi connectivity index (χ1n) is 11.7. The molecular formula is C27H33N3O3. The van der Waals surface area contributed by atoms with Gasteiger partial charge in [-0.2, -0.15) is 0 Å². The Bertz CT molecular complexity index is 1090. The zero-order valence-electron chi connectivity index (χ0n) is 19.5. The van der Waals surface area contributed by atoms with Crippen LogP contribution in [0.4, 0.5) is 0 Å². The molecule has 4 rings (SSSR count). The average molecular weight is 448 g/mol. The largest absolute Gasteiger partial charge is 0.507 e. The standard InChI is InChI=1S/C27H33N3O3/c1-20-18-24(31)25(27(32)30(20)16-17-33-2)26(23-8-12-28-13-9-23)29-14-10-22(11-15-29)19-21-6-4-3-5-7-21/h3-9,12-13,18,22,26,31H,10-11,14-17,19H2,1-2H3/t26-/m1/s1. The molecule has 1 atom stereocenters. The summed E-state index contributed by atoms with van der Waals surface area (Å²) in [5, 5.41) is 10.9. The number of aromatic nitrogens is 2. The lowest BCUT2D eigenvalue weighted by atomic mass is 9.88. The molecule has 1 aliphatic rings. The van der Waals surface area contributed by atoms with Crippen LogP contribution in [0.5, 0.6) is 5.75 Å². The summed E-state index contributed by atoms with van der Waals surface area (Å²) in [5.41, 5.74) is 3.36. The maximum Gasteiger partial charge on any atom is 0.259 e. The van der Waals surface area contributed by atoms with Crippen molar-refractivity contribution in [3.63, 3.8) is 0 Å². The molecule has 33 heavy (non-hydrogen) atoms. The third kappa shape index (κ3) is 5.34. The molecule has 0 radical (unpaired) electrons. The molecule has 0 bridgehead atoms. The number of hydrogen-bond donors (Lipinski definition) is 1. The van der Waals surface area contributed by atoms with E-state index in [1.807, 2.05) is 19.1 Å². The molecule has 6 heteroatoms. The van der Waals surface area contributed by atoms with Crippen LogP contribution in [0.2, 0.25) is 0 Å². The maximum absolute atomic E-state index is 13.6. The molecule has 0 saturated carbocycles. The van der Waals surface area contributed by atoms with Crippen LogP contribution in [-0.4, -0.2) is 46.4 Å². The van der Waals surface area contributed by atoms with Crippen molar-refractivity contribution >= 4 is 0 Å². The van der Waals surface area contributed by atoms with E-state index in [1.54, 1.807) is 30.1 Å². The van der Waals surface area contributed by atoms with E-state index in [4.69, 9.17) is 4.74 Å². The van der Waals surface area contributed by atoms with Crippen LogP contribution in [0.1, 0.15) is 41.3 Å². The second-order valence-corrected chi connectivity index (χ2v) is 8.89. The van der Waals surface area contributed by atoms with Crippen LogP contribution in [0.15, 0.2) is 65.7 Å². The highest BCUT2D eigenvalue weighted by molar-refractivity contribution is 5.40. The zero-order valence-corrected chi connectivity index (χ0v) is 19.5. The summed E-state index contributed by atoms with van der Waals surface area (Å²) in [6.07, 6.45) is 6.69. The normalized spacial score (nSPS) is 16.1. The van der Waals surface area contributed by atoms with Gasteiger partial charge in [0.25, 0.3) is 5.56 Å². The third-order valence-corrected chi connectivity index (χ3v) is 6.72. The second kappa shape index (κ2) is 10.8. The van der Waals surface area contributed by atoms with Crippen molar-refractivity contribution in [3.8, 4) is 5.75 Å². The van der Waals surface area contributed by atoms with Gasteiger partial charge in [-0.25, -0.2) is 0 Å². The Kier molecular flexibility index (Phi) is 7.57. The van der Waals surface area contributed by atoms with Crippen molar-refractivity contribution in [3.05, 3.63) is 93.7 Å². The molecule has 1 aliphatic heterocycles. The Morgan fingerprint density at radius 1 is 1.12 bits per heavy atom. The molecule has 1 fully saturated rings. The van der Waals surface area contributed by atoms with Crippen molar-refractivity contribution in [2.24, 2.45) is 5.92 Å². The number of ether oxygens (including phenoxy) is 1. The minimum absolute atomic E-state index is 0.0550. The van der Waals surface area contributed by atoms with E-state index in [0.29, 0.717) is 24.6 Å². The molecule has 6 nitrogen and oxygen atoms in total. The number of aromatic hydroxyl groups is 1. The summed E-state index contributed by atoms with van der Waals surface area (Å²) in [6, 6.07) is 15.9. The van der Waals surface area contributed by atoms with Gasteiger partial charge in [0.1, 0.15) is 5.75 Å². The molecule has 0 unspecified atom stereocenters. The van der Waals surface area contributed by atoms with Gasteiger partial charge in [-0.3, -0.25) is 14.7 Å². The lowest BCUT2D eigenvalue weighted by molar-refractivity contribution is 0.147. The fourth-order valence-corrected chi connectivity index (χ4v) is 4.95. The minimum Gasteiger partial charge on any atom is -0.507 e. The topological polar surface area (TPSA) is 67.6 Å². The van der Waals surface area contributed by atoms with E-state index in [0.717, 1.165) is 43.6 Å². The summed E-state index contributed by atoms with van der Waals surface area (Å²) in [6.45, 7) is 4.48. The molecule has 1 saturated heterocycles. The first-order valence-corrected chi connectivity index (χ1v) is 11.7. The maximum atomic E-state index is 13.6. The van der Waals surface area contributed by atoms with Gasteiger partial charge < -0.3 is 14.4 Å². The number of rotatable bonds is 8. The Morgan fingerprint density at radius 2 is 1.82 bits per heavy atom. The van der Waals surface area contributed by atoms with E-state index in [2.05, 4.69) is 40.2 Å². The highest BCUT2D eigenvalue weighted by atomic mass is 16.5. The Balaban J connectivity index is 1.63. The summed E-state index contributed by atoms with van der Waals surface area (Å²) in [4.78, 5) is 20.1. The minimum atomic E-state index is -0.312. The van der Waals surface area contributed by atoms with Crippen LogP contribution in [0, 0.1) is 12.8 Å². The molecule has 0 spiro atoms. The van der Waals surface area contributed by atoms with E-state index < -0.39 is 0 Å². The fraction of sp³-hybridized carbons (Fsp3) is 0.407. The van der Waals surface area contributed by atoms with Crippen molar-refractivity contribution in [1.82, 2.24) is 14.5 Å². The first kappa shape index (κ1) is 23.2. The zero-order chi connectivity index (χ0) is 23.2. The number of pyridine rings is 2. The molecular weight excluding hydrogens is 414 g/mol. The lowest BCUT2D eigenvalue weighted by Gasteiger charge is -2.38. The Morgan fingerprint density at radius 3 is 2.48 bits per heavy atom. The van der Waals surface area contributed by atoms with Crippen molar-refractivity contribution in [1.29, 1.82) is 0 Å². The van der Waals surface area contributed by atoms with Crippen LogP contribution in [0.3, 0.4) is 0 Å². The first-order chi connectivity index (χ1) is 16.1. The van der Waals surface area contributed by atoms with Gasteiger partial charge in [0.2, 0.25) is 0 Å². The number of hydrogen-bond acceptors (Lipinski definition) is 5. The van der Waals surface area contributed by atoms with E-state index in [1.165, 1.54) is 5.56 Å². The van der Waals surface area contributed by atoms with Gasteiger partial charge in [0.05, 0.1) is 18.2 Å². The molecule has 1 aromatic carbocycles. The predicted octanol–water partition coefficient (Wildman–Crippen LogP) is 3.95. The van der Waals surface area contributed by atoms with Crippen LogP contribution in [-0.2, 0) is 17.7 Å². The Hall–Kier alpha value is -2.96. The van der Waals surface area contributed by atoms with E-state index in [-0.39, 0.29) is 17.4 Å².